The predicted molar refractivity (Wildman–Crippen MR) is 140 cm³/mol. The maximum Gasteiger partial charge on any atom is 0.258 e. The summed E-state index contributed by atoms with van der Waals surface area (Å²) in [7, 11) is 0. The summed E-state index contributed by atoms with van der Waals surface area (Å²) >= 11 is 0. The third-order valence-electron chi connectivity index (χ3n) is 7.95. The van der Waals surface area contributed by atoms with Gasteiger partial charge >= 0.3 is 0 Å². The Hall–Kier alpha value is -3.24. The van der Waals surface area contributed by atoms with E-state index in [9.17, 15) is 10.1 Å². The highest BCUT2D eigenvalue weighted by molar-refractivity contribution is 5.66. The van der Waals surface area contributed by atoms with Crippen LogP contribution in [0.1, 0.15) is 34.7 Å². The molecule has 1 aromatic heterocycles. The molecule has 6 nitrogen and oxygen atoms in total. The van der Waals surface area contributed by atoms with Crippen LogP contribution in [0.5, 0.6) is 0 Å². The normalized spacial score (nSPS) is 22.1. The summed E-state index contributed by atoms with van der Waals surface area (Å²) in [6.45, 7) is 7.79. The van der Waals surface area contributed by atoms with Crippen LogP contribution in [-0.2, 0) is 24.4 Å². The molecule has 3 aliphatic heterocycles. The fraction of sp³-hybridized carbons (Fsp3) is 0.400. The minimum absolute atomic E-state index is 0.145. The van der Waals surface area contributed by atoms with E-state index in [4.69, 9.17) is 4.74 Å². The number of fused-ring (bicyclic) bond motifs is 4. The molecule has 0 unspecified atom stereocenters. The Morgan fingerprint density at radius 1 is 0.889 bits per heavy atom. The van der Waals surface area contributed by atoms with E-state index in [0.29, 0.717) is 17.4 Å². The molecular weight excluding hydrogens is 448 g/mol. The van der Waals surface area contributed by atoms with Gasteiger partial charge in [-0.2, -0.15) is 5.26 Å². The quantitative estimate of drug-likeness (QED) is 0.555. The highest BCUT2D eigenvalue weighted by atomic mass is 16.5. The van der Waals surface area contributed by atoms with Gasteiger partial charge in [0.2, 0.25) is 0 Å². The first-order valence-corrected chi connectivity index (χ1v) is 13.0. The second-order valence-electron chi connectivity index (χ2n) is 10.4. The Labute approximate surface area is 212 Å². The Morgan fingerprint density at radius 3 is 2.61 bits per heavy atom. The molecule has 6 heteroatoms. The first-order valence-electron chi connectivity index (χ1n) is 13.0. The number of nitrogens with zero attached hydrogens (tertiary/aromatic N) is 4. The average molecular weight is 481 g/mol. The number of pyridine rings is 1. The van der Waals surface area contributed by atoms with Gasteiger partial charge in [0.15, 0.2) is 0 Å². The van der Waals surface area contributed by atoms with Crippen LogP contribution in [0.4, 0.5) is 0 Å². The fourth-order valence-electron chi connectivity index (χ4n) is 6.30. The number of morpholine rings is 1. The molecule has 0 saturated carbocycles. The van der Waals surface area contributed by atoms with Gasteiger partial charge in [-0.15, -0.1) is 0 Å². The Morgan fingerprint density at radius 2 is 1.75 bits per heavy atom. The van der Waals surface area contributed by atoms with E-state index in [2.05, 4.69) is 56.8 Å². The van der Waals surface area contributed by atoms with Crippen molar-refractivity contribution in [2.75, 3.05) is 39.4 Å². The standard InChI is InChI=1S/C30H32N4O2/c31-16-22-4-3-5-23(14-22)17-33-18-24-15-26(21-33)29-9-8-28(30(35)34(29)19-24)27-7-2-1-6-25(27)20-32-10-12-36-13-11-32/h1-9,14,24,26H,10-13,15,17-21H2/t24-,26-/m1/s1. The number of rotatable bonds is 5. The molecule has 0 radical (unpaired) electrons. The summed E-state index contributed by atoms with van der Waals surface area (Å²) in [6, 6.07) is 22.8. The topological polar surface area (TPSA) is 61.5 Å². The van der Waals surface area contributed by atoms with Crippen molar-refractivity contribution in [1.82, 2.24) is 14.4 Å². The minimum Gasteiger partial charge on any atom is -0.379 e. The van der Waals surface area contributed by atoms with Gasteiger partial charge in [0.1, 0.15) is 0 Å². The van der Waals surface area contributed by atoms with Crippen LogP contribution in [0.25, 0.3) is 11.1 Å². The molecule has 184 valence electrons. The SMILES string of the molecule is N#Cc1cccc(CN2C[C@H]3C[C@H](C2)c2ccc(-c4ccccc4CN4CCOCC4)c(=O)n2C3)c1. The van der Waals surface area contributed by atoms with E-state index in [1.807, 2.05) is 24.3 Å². The number of piperidine rings is 1. The number of hydrogen-bond donors (Lipinski definition) is 0. The molecule has 4 heterocycles. The van der Waals surface area contributed by atoms with E-state index in [1.54, 1.807) is 0 Å². The molecule has 3 aliphatic rings. The van der Waals surface area contributed by atoms with Crippen molar-refractivity contribution in [2.45, 2.75) is 32.0 Å². The van der Waals surface area contributed by atoms with Gasteiger partial charge in [0.05, 0.1) is 24.8 Å². The van der Waals surface area contributed by atoms with Gasteiger partial charge in [-0.25, -0.2) is 0 Å². The lowest BCUT2D eigenvalue weighted by molar-refractivity contribution is 0.0342. The number of hydrogen-bond acceptors (Lipinski definition) is 5. The zero-order chi connectivity index (χ0) is 24.5. The molecule has 2 saturated heterocycles. The second-order valence-corrected chi connectivity index (χ2v) is 10.4. The Bertz CT molecular complexity index is 1350. The van der Waals surface area contributed by atoms with Crippen LogP contribution < -0.4 is 5.56 Å². The van der Waals surface area contributed by atoms with Crippen LogP contribution in [-0.4, -0.2) is 53.8 Å². The number of nitriles is 1. The largest absolute Gasteiger partial charge is 0.379 e. The van der Waals surface area contributed by atoms with Crippen molar-refractivity contribution in [3.05, 3.63) is 93.4 Å². The summed E-state index contributed by atoms with van der Waals surface area (Å²) in [5, 5.41) is 9.24. The van der Waals surface area contributed by atoms with Gasteiger partial charge in [0.25, 0.3) is 5.56 Å². The summed E-state index contributed by atoms with van der Waals surface area (Å²) in [5.74, 6) is 0.828. The van der Waals surface area contributed by atoms with E-state index in [-0.39, 0.29) is 5.56 Å². The third-order valence-corrected chi connectivity index (χ3v) is 7.95. The molecule has 36 heavy (non-hydrogen) atoms. The highest BCUT2D eigenvalue weighted by Gasteiger charge is 2.35. The van der Waals surface area contributed by atoms with Gasteiger partial charge < -0.3 is 9.30 Å². The van der Waals surface area contributed by atoms with Crippen LogP contribution in [0.15, 0.2) is 65.5 Å². The molecule has 6 rings (SSSR count). The van der Waals surface area contributed by atoms with Crippen LogP contribution in [0, 0.1) is 17.2 Å². The molecule has 2 atom stereocenters. The monoisotopic (exact) mass is 480 g/mol. The van der Waals surface area contributed by atoms with E-state index in [0.717, 1.165) is 76.6 Å². The summed E-state index contributed by atoms with van der Waals surface area (Å²) in [6.07, 6.45) is 1.14. The molecule has 0 aliphatic carbocycles. The lowest BCUT2D eigenvalue weighted by Gasteiger charge is -2.43. The zero-order valence-electron chi connectivity index (χ0n) is 20.6. The van der Waals surface area contributed by atoms with Crippen LogP contribution >= 0.6 is 0 Å². The lowest BCUT2D eigenvalue weighted by Crippen LogP contribution is -2.47. The smallest absolute Gasteiger partial charge is 0.258 e. The molecule has 3 aromatic rings. The van der Waals surface area contributed by atoms with Crippen molar-refractivity contribution in [3.8, 4) is 17.2 Å². The maximum atomic E-state index is 13.8. The number of ether oxygens (including phenoxy) is 1. The highest BCUT2D eigenvalue weighted by Crippen LogP contribution is 2.36. The van der Waals surface area contributed by atoms with Crippen LogP contribution in [0.2, 0.25) is 0 Å². The minimum atomic E-state index is 0.145. The maximum absolute atomic E-state index is 13.8. The average Bonchev–Trinajstić information content (AvgIpc) is 2.90. The molecule has 0 N–H and O–H groups in total. The molecule has 2 fully saturated rings. The van der Waals surface area contributed by atoms with Gasteiger partial charge in [-0.05, 0) is 53.3 Å². The Balaban J connectivity index is 1.25. The van der Waals surface area contributed by atoms with Crippen molar-refractivity contribution in [3.63, 3.8) is 0 Å². The lowest BCUT2D eigenvalue weighted by atomic mass is 9.82. The van der Waals surface area contributed by atoms with Gasteiger partial charge in [-0.3, -0.25) is 14.6 Å². The predicted octanol–water partition coefficient (Wildman–Crippen LogP) is 3.84. The number of aromatic nitrogens is 1. The number of benzene rings is 2. The fourth-order valence-corrected chi connectivity index (χ4v) is 6.30. The molecule has 2 aromatic carbocycles. The summed E-state index contributed by atoms with van der Waals surface area (Å²) in [4.78, 5) is 18.7. The van der Waals surface area contributed by atoms with Crippen LogP contribution in [0.3, 0.4) is 0 Å². The van der Waals surface area contributed by atoms with Gasteiger partial charge in [-0.1, -0.05) is 36.4 Å². The van der Waals surface area contributed by atoms with Crippen molar-refractivity contribution in [2.24, 2.45) is 5.92 Å². The number of likely N-dealkylation sites (tertiary alicyclic amines) is 1. The molecular formula is C30H32N4O2. The Kier molecular flexibility index (Phi) is 6.45. The first-order chi connectivity index (χ1) is 17.7. The van der Waals surface area contributed by atoms with Crippen molar-refractivity contribution >= 4 is 0 Å². The second kappa shape index (κ2) is 10.0. The molecule has 2 bridgehead atoms. The van der Waals surface area contributed by atoms with E-state index in [1.165, 1.54) is 16.8 Å². The van der Waals surface area contributed by atoms with Gasteiger partial charge in [0, 0.05) is 63.0 Å². The van der Waals surface area contributed by atoms with E-state index < -0.39 is 0 Å². The first kappa shape index (κ1) is 23.2. The summed E-state index contributed by atoms with van der Waals surface area (Å²) < 4.78 is 7.57. The summed E-state index contributed by atoms with van der Waals surface area (Å²) in [5.41, 5.74) is 6.28. The van der Waals surface area contributed by atoms with Crippen molar-refractivity contribution < 1.29 is 4.74 Å². The molecule has 0 amide bonds. The zero-order valence-corrected chi connectivity index (χ0v) is 20.6. The van der Waals surface area contributed by atoms with Crippen molar-refractivity contribution in [1.29, 1.82) is 5.26 Å². The van der Waals surface area contributed by atoms with E-state index >= 15 is 0 Å². The molecule has 0 spiro atoms. The third kappa shape index (κ3) is 4.62.